The monoisotopic (exact) mass is 384 g/mol. The van der Waals surface area contributed by atoms with Crippen molar-refractivity contribution in [2.45, 2.75) is 17.7 Å². The van der Waals surface area contributed by atoms with E-state index in [1.165, 1.54) is 0 Å². The first-order valence-electron chi connectivity index (χ1n) is 8.99. The molecule has 0 radical (unpaired) electrons. The summed E-state index contributed by atoms with van der Waals surface area (Å²) in [6, 6.07) is 15.0. The Morgan fingerprint density at radius 3 is 2.56 bits per heavy atom. The molecule has 0 aromatic heterocycles. The predicted octanol–water partition coefficient (Wildman–Crippen LogP) is 3.91. The lowest BCUT2D eigenvalue weighted by Gasteiger charge is -2.31. The number of hydrogen-bond acceptors (Lipinski definition) is 4. The van der Waals surface area contributed by atoms with Crippen molar-refractivity contribution in [2.75, 3.05) is 31.8 Å². The van der Waals surface area contributed by atoms with Crippen molar-refractivity contribution in [3.05, 3.63) is 54.1 Å². The Bertz CT molecular complexity index is 817. The first-order valence-corrected chi connectivity index (χ1v) is 10.2. The molecule has 1 aliphatic rings. The van der Waals surface area contributed by atoms with E-state index in [4.69, 9.17) is 4.74 Å². The van der Waals surface area contributed by atoms with Gasteiger partial charge in [-0.15, -0.1) is 11.8 Å². The van der Waals surface area contributed by atoms with Gasteiger partial charge in [-0.25, -0.2) is 0 Å². The molecule has 5 nitrogen and oxygen atoms in total. The number of rotatable bonds is 5. The molecule has 142 valence electrons. The summed E-state index contributed by atoms with van der Waals surface area (Å²) in [7, 11) is 1.59. The Morgan fingerprint density at radius 2 is 1.85 bits per heavy atom. The number of ether oxygens (including phenoxy) is 1. The van der Waals surface area contributed by atoms with Crippen LogP contribution in [0.3, 0.4) is 0 Å². The van der Waals surface area contributed by atoms with Gasteiger partial charge in [0.2, 0.25) is 5.91 Å². The van der Waals surface area contributed by atoms with Gasteiger partial charge in [0.15, 0.2) is 0 Å². The molecule has 0 atom stereocenters. The lowest BCUT2D eigenvalue weighted by molar-refractivity contribution is -0.121. The first-order chi connectivity index (χ1) is 13.1. The summed E-state index contributed by atoms with van der Waals surface area (Å²) in [5.41, 5.74) is 1.44. The second-order valence-corrected chi connectivity index (χ2v) is 7.40. The maximum absolute atomic E-state index is 12.7. The number of amides is 2. The third-order valence-electron chi connectivity index (χ3n) is 4.81. The molecule has 6 heteroatoms. The van der Waals surface area contributed by atoms with Crippen molar-refractivity contribution < 1.29 is 14.3 Å². The van der Waals surface area contributed by atoms with Crippen LogP contribution in [0.1, 0.15) is 23.2 Å². The number of nitrogens with one attached hydrogen (secondary N) is 1. The SMILES string of the molecule is COc1cccc(C(=O)N2CCC(C(=O)Nc3cccc(SC)c3)CC2)c1. The van der Waals surface area contributed by atoms with Gasteiger partial charge in [-0.3, -0.25) is 9.59 Å². The molecule has 2 amide bonds. The van der Waals surface area contributed by atoms with E-state index in [0.717, 1.165) is 10.6 Å². The van der Waals surface area contributed by atoms with Crippen LogP contribution in [0.5, 0.6) is 5.75 Å². The van der Waals surface area contributed by atoms with Crippen LogP contribution in [0, 0.1) is 5.92 Å². The normalized spacial score (nSPS) is 14.7. The molecule has 0 bridgehead atoms. The third-order valence-corrected chi connectivity index (χ3v) is 5.53. The van der Waals surface area contributed by atoms with Crippen molar-refractivity contribution in [3.8, 4) is 5.75 Å². The van der Waals surface area contributed by atoms with Gasteiger partial charge in [0.1, 0.15) is 5.75 Å². The number of benzene rings is 2. The zero-order valence-electron chi connectivity index (χ0n) is 15.6. The Labute approximate surface area is 164 Å². The molecule has 1 fully saturated rings. The second-order valence-electron chi connectivity index (χ2n) is 6.52. The van der Waals surface area contributed by atoms with Crippen molar-refractivity contribution in [2.24, 2.45) is 5.92 Å². The zero-order chi connectivity index (χ0) is 19.2. The summed E-state index contributed by atoms with van der Waals surface area (Å²) in [6.45, 7) is 1.16. The summed E-state index contributed by atoms with van der Waals surface area (Å²) in [6.07, 6.45) is 3.35. The van der Waals surface area contributed by atoms with Crippen LogP contribution in [-0.4, -0.2) is 43.2 Å². The van der Waals surface area contributed by atoms with E-state index in [0.29, 0.717) is 37.2 Å². The summed E-state index contributed by atoms with van der Waals surface area (Å²) in [4.78, 5) is 28.2. The average molecular weight is 385 g/mol. The first kappa shape index (κ1) is 19.3. The molecule has 27 heavy (non-hydrogen) atoms. The van der Waals surface area contributed by atoms with Crippen LogP contribution in [-0.2, 0) is 4.79 Å². The van der Waals surface area contributed by atoms with Crippen LogP contribution in [0.25, 0.3) is 0 Å². The maximum atomic E-state index is 12.7. The minimum absolute atomic E-state index is 0.0135. The number of carbonyl (C=O) groups excluding carboxylic acids is 2. The fraction of sp³-hybridized carbons (Fsp3) is 0.333. The van der Waals surface area contributed by atoms with Gasteiger partial charge in [0.05, 0.1) is 7.11 Å². The van der Waals surface area contributed by atoms with Crippen molar-refractivity contribution in [1.29, 1.82) is 0 Å². The van der Waals surface area contributed by atoms with Gasteiger partial charge < -0.3 is 15.0 Å². The molecule has 0 spiro atoms. The van der Waals surface area contributed by atoms with Crippen LogP contribution in [0.4, 0.5) is 5.69 Å². The van der Waals surface area contributed by atoms with Gasteiger partial charge in [0.25, 0.3) is 5.91 Å². The Morgan fingerprint density at radius 1 is 1.11 bits per heavy atom. The Kier molecular flexibility index (Phi) is 6.40. The van der Waals surface area contributed by atoms with E-state index >= 15 is 0 Å². The molecule has 2 aromatic carbocycles. The number of methoxy groups -OCH3 is 1. The van der Waals surface area contributed by atoms with Crippen LogP contribution in [0.2, 0.25) is 0 Å². The molecule has 0 aliphatic carbocycles. The third kappa shape index (κ3) is 4.83. The molecule has 1 N–H and O–H groups in total. The standard InChI is InChI=1S/C21H24N2O3S/c1-26-18-7-3-5-16(13-18)21(25)23-11-9-15(10-12-23)20(24)22-17-6-4-8-19(14-17)27-2/h3-8,13-15H,9-12H2,1-2H3,(H,22,24). The molecule has 2 aromatic rings. The van der Waals surface area contributed by atoms with Crippen molar-refractivity contribution in [3.63, 3.8) is 0 Å². The highest BCUT2D eigenvalue weighted by Gasteiger charge is 2.28. The molecular weight excluding hydrogens is 360 g/mol. The smallest absolute Gasteiger partial charge is 0.253 e. The molecule has 0 unspecified atom stereocenters. The lowest BCUT2D eigenvalue weighted by Crippen LogP contribution is -2.41. The number of likely N-dealkylation sites (tertiary alicyclic amines) is 1. The zero-order valence-corrected chi connectivity index (χ0v) is 16.4. The summed E-state index contributed by atoms with van der Waals surface area (Å²) in [5.74, 6) is 0.613. The maximum Gasteiger partial charge on any atom is 0.253 e. The number of nitrogens with zero attached hydrogens (tertiary/aromatic N) is 1. The molecule has 1 heterocycles. The van der Waals surface area contributed by atoms with E-state index < -0.39 is 0 Å². The molecule has 0 saturated carbocycles. The highest BCUT2D eigenvalue weighted by Crippen LogP contribution is 2.24. The number of anilines is 1. The van der Waals surface area contributed by atoms with E-state index in [1.54, 1.807) is 31.0 Å². The van der Waals surface area contributed by atoms with Gasteiger partial charge in [-0.05, 0) is 55.5 Å². The number of carbonyl (C=O) groups is 2. The van der Waals surface area contributed by atoms with E-state index in [2.05, 4.69) is 5.32 Å². The van der Waals surface area contributed by atoms with Crippen molar-refractivity contribution in [1.82, 2.24) is 4.90 Å². The highest BCUT2D eigenvalue weighted by atomic mass is 32.2. The Balaban J connectivity index is 1.56. The second kappa shape index (κ2) is 8.95. The van der Waals surface area contributed by atoms with E-state index in [-0.39, 0.29) is 17.7 Å². The quantitative estimate of drug-likeness (QED) is 0.794. The number of piperidine rings is 1. The molecular formula is C21H24N2O3S. The van der Waals surface area contributed by atoms with E-state index in [9.17, 15) is 9.59 Å². The minimum Gasteiger partial charge on any atom is -0.497 e. The summed E-state index contributed by atoms with van der Waals surface area (Å²) >= 11 is 1.65. The molecule has 1 aliphatic heterocycles. The summed E-state index contributed by atoms with van der Waals surface area (Å²) in [5, 5.41) is 3.00. The van der Waals surface area contributed by atoms with Crippen LogP contribution >= 0.6 is 11.8 Å². The summed E-state index contributed by atoms with van der Waals surface area (Å²) < 4.78 is 5.19. The van der Waals surface area contributed by atoms with Gasteiger partial charge in [-0.1, -0.05) is 12.1 Å². The van der Waals surface area contributed by atoms with Gasteiger partial charge in [0, 0.05) is 35.2 Å². The number of thioether (sulfide) groups is 1. The van der Waals surface area contributed by atoms with Crippen molar-refractivity contribution >= 4 is 29.3 Å². The van der Waals surface area contributed by atoms with Crippen LogP contribution < -0.4 is 10.1 Å². The van der Waals surface area contributed by atoms with Gasteiger partial charge in [-0.2, -0.15) is 0 Å². The molecule has 1 saturated heterocycles. The van der Waals surface area contributed by atoms with E-state index in [1.807, 2.05) is 47.6 Å². The topological polar surface area (TPSA) is 58.6 Å². The predicted molar refractivity (Wildman–Crippen MR) is 108 cm³/mol. The highest BCUT2D eigenvalue weighted by molar-refractivity contribution is 7.98. The number of hydrogen-bond donors (Lipinski definition) is 1. The fourth-order valence-electron chi connectivity index (χ4n) is 3.23. The molecule has 3 rings (SSSR count). The average Bonchev–Trinajstić information content (AvgIpc) is 2.73. The largest absolute Gasteiger partial charge is 0.497 e. The lowest BCUT2D eigenvalue weighted by atomic mass is 9.95. The van der Waals surface area contributed by atoms with Gasteiger partial charge >= 0.3 is 0 Å². The Hall–Kier alpha value is -2.47. The fourth-order valence-corrected chi connectivity index (χ4v) is 3.69. The van der Waals surface area contributed by atoms with Crippen LogP contribution in [0.15, 0.2) is 53.4 Å². The minimum atomic E-state index is -0.0719.